The van der Waals surface area contributed by atoms with E-state index in [1.165, 1.54) is 30.6 Å². The third-order valence-electron chi connectivity index (χ3n) is 6.67. The molecule has 0 bridgehead atoms. The van der Waals surface area contributed by atoms with Gasteiger partial charge in [0.15, 0.2) is 9.84 Å². The van der Waals surface area contributed by atoms with Gasteiger partial charge in [0.25, 0.3) is 0 Å². The molecule has 3 heterocycles. The van der Waals surface area contributed by atoms with Gasteiger partial charge in [-0.25, -0.2) is 13.4 Å². The summed E-state index contributed by atoms with van der Waals surface area (Å²) in [7, 11) is -0.151. The monoisotopic (exact) mass is 553 g/mol. The summed E-state index contributed by atoms with van der Waals surface area (Å²) in [6.45, 7) is 0. The Morgan fingerprint density at radius 2 is 1.97 bits per heavy atom. The van der Waals surface area contributed by atoms with Gasteiger partial charge in [0.1, 0.15) is 16.5 Å². The van der Waals surface area contributed by atoms with Crippen LogP contribution in [0.4, 0.5) is 0 Å². The van der Waals surface area contributed by atoms with Crippen LogP contribution < -0.4 is 4.74 Å². The van der Waals surface area contributed by atoms with Crippen LogP contribution in [0.1, 0.15) is 35.7 Å². The second kappa shape index (κ2) is 10.2. The van der Waals surface area contributed by atoms with E-state index in [-0.39, 0.29) is 22.8 Å². The first-order valence-corrected chi connectivity index (χ1v) is 14.8. The van der Waals surface area contributed by atoms with Gasteiger partial charge in [0.2, 0.25) is 5.91 Å². The lowest BCUT2D eigenvalue weighted by Gasteiger charge is -2.23. The number of hydrogen-bond acceptors (Lipinski definition) is 8. The molecule has 1 aliphatic rings. The number of ether oxygens (including phenoxy) is 2. The van der Waals surface area contributed by atoms with E-state index in [9.17, 15) is 18.0 Å². The molecule has 0 aliphatic carbocycles. The predicted molar refractivity (Wildman–Crippen MR) is 144 cm³/mol. The van der Waals surface area contributed by atoms with Crippen molar-refractivity contribution in [1.29, 1.82) is 0 Å². The van der Waals surface area contributed by atoms with E-state index in [1.807, 2.05) is 18.2 Å². The van der Waals surface area contributed by atoms with Crippen molar-refractivity contribution < 1.29 is 27.5 Å². The molecule has 1 N–H and O–H groups in total. The van der Waals surface area contributed by atoms with Gasteiger partial charge < -0.3 is 19.4 Å². The second-order valence-electron chi connectivity index (χ2n) is 9.27. The van der Waals surface area contributed by atoms with Crippen LogP contribution in [0.2, 0.25) is 0 Å². The van der Waals surface area contributed by atoms with Crippen molar-refractivity contribution >= 4 is 44.0 Å². The maximum absolute atomic E-state index is 12.3. The topological polar surface area (TPSA) is 119 Å². The largest absolute Gasteiger partial charge is 0.469 e. The number of likely N-dealkylation sites (tertiary alicyclic amines) is 1. The van der Waals surface area contributed by atoms with Gasteiger partial charge in [-0.2, -0.15) is 0 Å². The Labute approximate surface area is 224 Å². The summed E-state index contributed by atoms with van der Waals surface area (Å²) >= 11 is 1.51. The molecule has 1 amide bonds. The number of amides is 1. The summed E-state index contributed by atoms with van der Waals surface area (Å²) in [5.74, 6) is 0.912. The first-order valence-electron chi connectivity index (χ1n) is 12.0. The molecule has 4 aromatic rings. The van der Waals surface area contributed by atoms with Crippen LogP contribution in [-0.4, -0.2) is 55.6 Å². The van der Waals surface area contributed by atoms with Crippen LogP contribution in [0.25, 0.3) is 21.6 Å². The lowest BCUT2D eigenvalue weighted by Crippen LogP contribution is -2.22. The van der Waals surface area contributed by atoms with Gasteiger partial charge in [-0.05, 0) is 55.3 Å². The molecule has 1 aliphatic heterocycles. The zero-order valence-corrected chi connectivity index (χ0v) is 22.8. The molecule has 2 aromatic heterocycles. The molecule has 2 aromatic carbocycles. The minimum atomic E-state index is -3.32. The maximum atomic E-state index is 12.3. The number of sulfone groups is 1. The standard InChI is InChI=1S/C27H27N3O6S2/c1-30-23(9-10-25(30)31)20-14-21-16(13-24(20)36-17-4-7-19(8-5-17)38(3,33)34)12-22(29-21)27-28-15-18(37-27)6-11-26(32)35-2/h4-5,7-8,12-15,23,29H,6,9-11H2,1-3H3. The molecular formula is C27H27N3O6S2. The van der Waals surface area contributed by atoms with Crippen LogP contribution >= 0.6 is 11.3 Å². The number of H-pyrrole nitrogens is 1. The highest BCUT2D eigenvalue weighted by atomic mass is 32.2. The second-order valence-corrected chi connectivity index (χ2v) is 12.4. The molecule has 1 atom stereocenters. The van der Waals surface area contributed by atoms with Crippen molar-refractivity contribution in [2.75, 3.05) is 20.4 Å². The average Bonchev–Trinajstić information content (AvgIpc) is 3.61. The molecule has 9 nitrogen and oxygen atoms in total. The normalized spacial score (nSPS) is 15.8. The molecule has 1 fully saturated rings. The molecule has 1 unspecified atom stereocenters. The predicted octanol–water partition coefficient (Wildman–Crippen LogP) is 4.89. The van der Waals surface area contributed by atoms with E-state index in [1.54, 1.807) is 30.3 Å². The van der Waals surface area contributed by atoms with E-state index >= 15 is 0 Å². The Bertz CT molecular complexity index is 1620. The Balaban J connectivity index is 1.50. The Kier molecular flexibility index (Phi) is 6.97. The molecule has 5 rings (SSSR count). The van der Waals surface area contributed by atoms with Crippen LogP contribution in [-0.2, 0) is 30.6 Å². The smallest absolute Gasteiger partial charge is 0.305 e. The van der Waals surface area contributed by atoms with Gasteiger partial charge in [0.05, 0.1) is 30.2 Å². The molecule has 198 valence electrons. The number of carbonyl (C=O) groups excluding carboxylic acids is 2. The number of thiazole rings is 1. The molecule has 0 radical (unpaired) electrons. The lowest BCUT2D eigenvalue weighted by atomic mass is 10.0. The number of aromatic amines is 1. The zero-order chi connectivity index (χ0) is 27.0. The third kappa shape index (κ3) is 5.30. The van der Waals surface area contributed by atoms with Crippen molar-refractivity contribution in [3.8, 4) is 22.2 Å². The van der Waals surface area contributed by atoms with E-state index in [4.69, 9.17) is 9.47 Å². The Morgan fingerprint density at radius 3 is 2.63 bits per heavy atom. The van der Waals surface area contributed by atoms with Crippen molar-refractivity contribution in [3.63, 3.8) is 0 Å². The summed E-state index contributed by atoms with van der Waals surface area (Å²) in [5, 5.41) is 1.71. The van der Waals surface area contributed by atoms with E-state index in [0.717, 1.165) is 38.3 Å². The molecule has 38 heavy (non-hydrogen) atoms. The zero-order valence-electron chi connectivity index (χ0n) is 21.2. The Morgan fingerprint density at radius 1 is 1.21 bits per heavy atom. The number of nitrogens with zero attached hydrogens (tertiary/aromatic N) is 2. The summed E-state index contributed by atoms with van der Waals surface area (Å²) in [4.78, 5) is 34.7. The highest BCUT2D eigenvalue weighted by Crippen LogP contribution is 2.41. The van der Waals surface area contributed by atoms with E-state index in [0.29, 0.717) is 37.2 Å². The number of aromatic nitrogens is 2. The van der Waals surface area contributed by atoms with Crippen molar-refractivity contribution in [3.05, 3.63) is 59.1 Å². The SMILES string of the molecule is COC(=O)CCc1cnc(-c2cc3cc(Oc4ccc(S(C)(=O)=O)cc4)c(C4CCC(=O)N4C)cc3[nH]2)s1. The number of aryl methyl sites for hydroxylation is 1. The average molecular weight is 554 g/mol. The molecule has 0 saturated carbocycles. The summed E-state index contributed by atoms with van der Waals surface area (Å²) < 4.78 is 34.7. The first kappa shape index (κ1) is 25.9. The summed E-state index contributed by atoms with van der Waals surface area (Å²) in [5.41, 5.74) is 2.59. The van der Waals surface area contributed by atoms with Crippen molar-refractivity contribution in [2.24, 2.45) is 0 Å². The number of methoxy groups -OCH3 is 1. The lowest BCUT2D eigenvalue weighted by molar-refractivity contribution is -0.140. The summed E-state index contributed by atoms with van der Waals surface area (Å²) in [6, 6.07) is 12.1. The van der Waals surface area contributed by atoms with Gasteiger partial charge in [-0.1, -0.05) is 0 Å². The third-order valence-corrected chi connectivity index (χ3v) is 8.89. The fourth-order valence-electron chi connectivity index (χ4n) is 4.57. The van der Waals surface area contributed by atoms with Crippen molar-refractivity contribution in [2.45, 2.75) is 36.6 Å². The minimum Gasteiger partial charge on any atom is -0.469 e. The summed E-state index contributed by atoms with van der Waals surface area (Å²) in [6.07, 6.45) is 4.93. The quantitative estimate of drug-likeness (QED) is 0.309. The number of hydrogen-bond donors (Lipinski definition) is 1. The van der Waals surface area contributed by atoms with Crippen LogP contribution in [0, 0.1) is 0 Å². The molecular weight excluding hydrogens is 526 g/mol. The minimum absolute atomic E-state index is 0.0768. The number of benzene rings is 2. The molecule has 1 saturated heterocycles. The number of esters is 1. The van der Waals surface area contributed by atoms with E-state index in [2.05, 4.69) is 9.97 Å². The maximum Gasteiger partial charge on any atom is 0.305 e. The van der Waals surface area contributed by atoms with Gasteiger partial charge >= 0.3 is 5.97 Å². The number of rotatable bonds is 8. The van der Waals surface area contributed by atoms with Crippen LogP contribution in [0.5, 0.6) is 11.5 Å². The molecule has 0 spiro atoms. The van der Waals surface area contributed by atoms with Crippen LogP contribution in [0.3, 0.4) is 0 Å². The fraction of sp³-hybridized carbons (Fsp3) is 0.296. The highest BCUT2D eigenvalue weighted by molar-refractivity contribution is 7.90. The van der Waals surface area contributed by atoms with Crippen LogP contribution in [0.15, 0.2) is 53.6 Å². The highest BCUT2D eigenvalue weighted by Gasteiger charge is 2.31. The van der Waals surface area contributed by atoms with Crippen molar-refractivity contribution in [1.82, 2.24) is 14.9 Å². The van der Waals surface area contributed by atoms with Gasteiger partial charge in [0, 0.05) is 47.3 Å². The number of fused-ring (bicyclic) bond motifs is 1. The molecule has 11 heteroatoms. The fourth-order valence-corrected chi connectivity index (χ4v) is 6.08. The van der Waals surface area contributed by atoms with Gasteiger partial charge in [-0.3, -0.25) is 9.59 Å². The Hall–Kier alpha value is -3.70. The number of nitrogens with one attached hydrogen (secondary N) is 1. The van der Waals surface area contributed by atoms with E-state index < -0.39 is 9.84 Å². The first-order chi connectivity index (χ1) is 18.1. The van der Waals surface area contributed by atoms with Gasteiger partial charge in [-0.15, -0.1) is 11.3 Å². The number of carbonyl (C=O) groups is 2.